The van der Waals surface area contributed by atoms with Gasteiger partial charge in [-0.05, 0) is 142 Å². The van der Waals surface area contributed by atoms with Gasteiger partial charge in [0.15, 0.2) is 0 Å². The molecule has 16 rings (SSSR count). The van der Waals surface area contributed by atoms with Gasteiger partial charge in [0.05, 0.1) is 10.8 Å². The first-order valence-electron chi connectivity index (χ1n) is 30.6. The average Bonchev–Trinajstić information content (AvgIpc) is 1.59. The van der Waals surface area contributed by atoms with Crippen LogP contribution in [0.5, 0.6) is 0 Å². The van der Waals surface area contributed by atoms with Gasteiger partial charge in [0.25, 0.3) is 0 Å². The molecule has 0 saturated heterocycles. The molecule has 2 aliphatic rings. The molecule has 0 aromatic heterocycles. The van der Waals surface area contributed by atoms with E-state index in [1.807, 2.05) is 42.5 Å². The second-order valence-electron chi connectivity index (χ2n) is 22.9. The van der Waals surface area contributed by atoms with Crippen molar-refractivity contribution in [2.45, 2.75) is 17.3 Å². The van der Waals surface area contributed by atoms with Crippen molar-refractivity contribution in [1.29, 1.82) is 0 Å². The molecule has 424 valence electrons. The largest absolute Gasteiger partial charge is 0.398 e. The van der Waals surface area contributed by atoms with E-state index < -0.39 is 0 Å². The molecule has 0 heterocycles. The summed E-state index contributed by atoms with van der Waals surface area (Å²) in [5.74, 6) is 0. The molecule has 0 amide bonds. The van der Waals surface area contributed by atoms with Crippen molar-refractivity contribution in [3.8, 4) is 66.8 Å². The fraction of sp³-hybridized carbons (Fsp3) is 0.0345. The third-order valence-electron chi connectivity index (χ3n) is 17.9. The van der Waals surface area contributed by atoms with Crippen molar-refractivity contribution < 1.29 is 0 Å². The van der Waals surface area contributed by atoms with Crippen LogP contribution in [-0.2, 0) is 17.3 Å². The smallest absolute Gasteiger partial charge is 0.0713 e. The normalized spacial score (nSPS) is 12.6. The SMILES string of the molecule is Brc1cccc2c1-c1ccccc1C2(c1ccccc1)c1ccccc1.Nc1ccc(-c2ccccc2)cc1-c1ccccc1.c1ccc(-c2ccc(Cc3cccc4c3-c3ccccc3C4(c3ccccc3)c3ccccc3)c(-c3ccccc3)c2)cc1. The topological polar surface area (TPSA) is 26.0 Å². The van der Waals surface area contributed by atoms with Gasteiger partial charge in [0.1, 0.15) is 0 Å². The van der Waals surface area contributed by atoms with E-state index in [-0.39, 0.29) is 10.8 Å². The van der Waals surface area contributed by atoms with Crippen LogP contribution >= 0.6 is 15.9 Å². The lowest BCUT2D eigenvalue weighted by atomic mass is 9.67. The predicted molar refractivity (Wildman–Crippen MR) is 377 cm³/mol. The zero-order chi connectivity index (χ0) is 60.0. The van der Waals surface area contributed by atoms with E-state index >= 15 is 0 Å². The molecule has 2 heteroatoms. The Bertz CT molecular complexity index is 4640. The summed E-state index contributed by atoms with van der Waals surface area (Å²) in [7, 11) is 0. The first kappa shape index (κ1) is 56.2. The molecule has 14 aromatic carbocycles. The maximum absolute atomic E-state index is 6.10. The lowest BCUT2D eigenvalue weighted by Gasteiger charge is -2.34. The third kappa shape index (κ3) is 10.4. The van der Waals surface area contributed by atoms with Crippen LogP contribution in [0.3, 0.4) is 0 Å². The van der Waals surface area contributed by atoms with E-state index in [9.17, 15) is 0 Å². The van der Waals surface area contributed by atoms with Crippen LogP contribution in [0.2, 0.25) is 0 Å². The Balaban J connectivity index is 0.000000130. The molecule has 0 unspecified atom stereocenters. The minimum absolute atomic E-state index is 0.293. The van der Waals surface area contributed by atoms with Gasteiger partial charge in [-0.15, -0.1) is 0 Å². The van der Waals surface area contributed by atoms with Gasteiger partial charge in [0, 0.05) is 21.3 Å². The summed E-state index contributed by atoms with van der Waals surface area (Å²) in [5.41, 5.74) is 34.5. The molecular formula is C87H64BrN. The molecule has 0 atom stereocenters. The first-order chi connectivity index (χ1) is 44.0. The van der Waals surface area contributed by atoms with E-state index in [1.54, 1.807) is 0 Å². The Morgan fingerprint density at radius 3 is 1.03 bits per heavy atom. The van der Waals surface area contributed by atoms with E-state index in [1.165, 1.54) is 111 Å². The van der Waals surface area contributed by atoms with Gasteiger partial charge in [0.2, 0.25) is 0 Å². The predicted octanol–water partition coefficient (Wildman–Crippen LogP) is 22.4. The van der Waals surface area contributed by atoms with Gasteiger partial charge >= 0.3 is 0 Å². The van der Waals surface area contributed by atoms with Crippen molar-refractivity contribution >= 4 is 21.6 Å². The molecule has 0 bridgehead atoms. The highest BCUT2D eigenvalue weighted by Crippen LogP contribution is 2.59. The van der Waals surface area contributed by atoms with Crippen LogP contribution < -0.4 is 5.73 Å². The van der Waals surface area contributed by atoms with Gasteiger partial charge in [-0.3, -0.25) is 0 Å². The van der Waals surface area contributed by atoms with Crippen molar-refractivity contribution in [2.75, 3.05) is 5.73 Å². The fourth-order valence-electron chi connectivity index (χ4n) is 14.0. The third-order valence-corrected chi connectivity index (χ3v) is 18.6. The zero-order valence-electron chi connectivity index (χ0n) is 49.3. The summed E-state index contributed by atoms with van der Waals surface area (Å²) >= 11 is 3.81. The highest BCUT2D eigenvalue weighted by molar-refractivity contribution is 9.10. The Kier molecular flexibility index (Phi) is 15.8. The molecule has 0 radical (unpaired) electrons. The Hall–Kier alpha value is -10.6. The molecule has 0 saturated carbocycles. The summed E-state index contributed by atoms with van der Waals surface area (Å²) in [6.07, 6.45) is 0.844. The van der Waals surface area contributed by atoms with Crippen molar-refractivity contribution in [3.05, 3.63) is 424 Å². The maximum Gasteiger partial charge on any atom is 0.0713 e. The molecular weight excluding hydrogens is 1140 g/mol. The minimum atomic E-state index is -0.385. The molecule has 0 spiro atoms. The van der Waals surface area contributed by atoms with E-state index in [0.29, 0.717) is 0 Å². The fourth-order valence-corrected chi connectivity index (χ4v) is 14.6. The zero-order valence-corrected chi connectivity index (χ0v) is 50.9. The van der Waals surface area contributed by atoms with Crippen LogP contribution in [0.25, 0.3) is 66.8 Å². The van der Waals surface area contributed by atoms with Crippen LogP contribution in [0.15, 0.2) is 368 Å². The molecule has 1 nitrogen and oxygen atoms in total. The first-order valence-corrected chi connectivity index (χ1v) is 31.4. The summed E-state index contributed by atoms with van der Waals surface area (Å²) in [4.78, 5) is 0. The van der Waals surface area contributed by atoms with Crippen LogP contribution in [0.4, 0.5) is 5.69 Å². The lowest BCUT2D eigenvalue weighted by Crippen LogP contribution is -2.28. The lowest BCUT2D eigenvalue weighted by molar-refractivity contribution is 0.768. The number of rotatable bonds is 10. The van der Waals surface area contributed by atoms with Gasteiger partial charge in [-0.1, -0.05) is 356 Å². The summed E-state index contributed by atoms with van der Waals surface area (Å²) in [6, 6.07) is 130. The summed E-state index contributed by atoms with van der Waals surface area (Å²) in [5, 5.41) is 0. The summed E-state index contributed by atoms with van der Waals surface area (Å²) < 4.78 is 1.15. The number of fused-ring (bicyclic) bond motifs is 6. The Morgan fingerprint density at radius 1 is 0.236 bits per heavy atom. The monoisotopic (exact) mass is 1200 g/mol. The number of benzene rings is 14. The van der Waals surface area contributed by atoms with Crippen LogP contribution in [-0.4, -0.2) is 0 Å². The second-order valence-corrected chi connectivity index (χ2v) is 23.7. The van der Waals surface area contributed by atoms with Crippen molar-refractivity contribution in [2.24, 2.45) is 0 Å². The Labute approximate surface area is 531 Å². The number of nitrogen functional groups attached to an aromatic ring is 1. The van der Waals surface area contributed by atoms with Crippen LogP contribution in [0.1, 0.15) is 55.6 Å². The number of halogens is 1. The second kappa shape index (κ2) is 25.0. The highest BCUT2D eigenvalue weighted by atomic mass is 79.9. The number of nitrogens with two attached hydrogens (primary N) is 1. The van der Waals surface area contributed by atoms with Crippen LogP contribution in [0, 0.1) is 0 Å². The van der Waals surface area contributed by atoms with Gasteiger partial charge < -0.3 is 5.73 Å². The average molecular weight is 1200 g/mol. The number of hydrogen-bond acceptors (Lipinski definition) is 1. The molecule has 2 N–H and O–H groups in total. The summed E-state index contributed by atoms with van der Waals surface area (Å²) in [6.45, 7) is 0. The molecule has 2 aliphatic carbocycles. The molecule has 0 fully saturated rings. The van der Waals surface area contributed by atoms with Gasteiger partial charge in [-0.2, -0.15) is 0 Å². The number of hydrogen-bond donors (Lipinski definition) is 1. The molecule has 0 aliphatic heterocycles. The van der Waals surface area contributed by atoms with E-state index in [0.717, 1.165) is 27.7 Å². The van der Waals surface area contributed by atoms with Crippen molar-refractivity contribution in [3.63, 3.8) is 0 Å². The Morgan fingerprint density at radius 2 is 0.573 bits per heavy atom. The quantitative estimate of drug-likeness (QED) is 0.136. The highest BCUT2D eigenvalue weighted by Gasteiger charge is 2.48. The number of anilines is 1. The maximum atomic E-state index is 6.10. The molecule has 89 heavy (non-hydrogen) atoms. The van der Waals surface area contributed by atoms with E-state index in [2.05, 4.69) is 337 Å². The standard InChI is InChI=1S/C44H32.C25H17Br.C18H15N/c1-5-16-32(17-6-1)34-28-29-35(40(31-34)33-18-7-2-8-19-33)30-36-20-15-27-42-43(36)39-25-13-14-26-41(39)44(42,37-21-9-3-10-22-37)38-23-11-4-12-24-38;26-23-17-9-16-22-24(23)20-14-7-8-15-21(20)25(22,18-10-3-1-4-11-18)19-12-5-2-6-13-19;19-18-12-11-16(14-7-3-1-4-8-14)13-17(18)15-9-5-2-6-10-15/h1-29,31H,30H2;1-17H;1-13H,19H2. The van der Waals surface area contributed by atoms with Gasteiger partial charge in [-0.25, -0.2) is 0 Å². The van der Waals surface area contributed by atoms with Crippen molar-refractivity contribution in [1.82, 2.24) is 0 Å². The minimum Gasteiger partial charge on any atom is -0.398 e. The molecule has 14 aromatic rings. The van der Waals surface area contributed by atoms with E-state index in [4.69, 9.17) is 5.73 Å².